The molecule has 2 amide bonds. The van der Waals surface area contributed by atoms with Crippen LogP contribution in [-0.4, -0.2) is 35.1 Å². The van der Waals surface area contributed by atoms with E-state index in [4.69, 9.17) is 5.11 Å². The highest BCUT2D eigenvalue weighted by Crippen LogP contribution is 2.07. The fraction of sp³-hybridized carbons (Fsp3) is 0.385. The molecule has 0 fully saturated rings. The van der Waals surface area contributed by atoms with Gasteiger partial charge in [-0.1, -0.05) is 12.1 Å². The first-order chi connectivity index (χ1) is 8.40. The number of carbonyl (C=O) groups is 2. The van der Waals surface area contributed by atoms with Crippen molar-refractivity contribution in [2.45, 2.75) is 26.4 Å². The standard InChI is InChI=1S/C13H18N2O3/c1-9(2)14-13(18)15(3)8-10-4-6-11(7-5-10)12(16)17/h4-7,9H,8H2,1-3H3,(H,14,18)(H,16,17). The number of benzene rings is 1. The van der Waals surface area contributed by atoms with E-state index < -0.39 is 5.97 Å². The van der Waals surface area contributed by atoms with E-state index >= 15 is 0 Å². The Hall–Kier alpha value is -2.04. The van der Waals surface area contributed by atoms with Gasteiger partial charge in [0, 0.05) is 19.6 Å². The van der Waals surface area contributed by atoms with E-state index in [0.717, 1.165) is 5.56 Å². The topological polar surface area (TPSA) is 69.6 Å². The third-order valence-electron chi connectivity index (χ3n) is 2.38. The van der Waals surface area contributed by atoms with Gasteiger partial charge in [0.2, 0.25) is 0 Å². The number of carboxylic acids is 1. The number of hydrogen-bond acceptors (Lipinski definition) is 2. The molecule has 0 spiro atoms. The lowest BCUT2D eigenvalue weighted by molar-refractivity contribution is 0.0697. The smallest absolute Gasteiger partial charge is 0.335 e. The van der Waals surface area contributed by atoms with Crippen molar-refractivity contribution in [3.8, 4) is 0 Å². The van der Waals surface area contributed by atoms with Gasteiger partial charge in [-0.25, -0.2) is 9.59 Å². The van der Waals surface area contributed by atoms with Crippen LogP contribution in [-0.2, 0) is 6.54 Å². The summed E-state index contributed by atoms with van der Waals surface area (Å²) in [4.78, 5) is 23.9. The van der Waals surface area contributed by atoms with Crippen LogP contribution in [0.3, 0.4) is 0 Å². The Bertz CT molecular complexity index is 426. The predicted octanol–water partition coefficient (Wildman–Crippen LogP) is 1.93. The van der Waals surface area contributed by atoms with Gasteiger partial charge in [-0.15, -0.1) is 0 Å². The molecule has 98 valence electrons. The van der Waals surface area contributed by atoms with Gasteiger partial charge in [0.15, 0.2) is 0 Å². The zero-order valence-corrected chi connectivity index (χ0v) is 10.8. The van der Waals surface area contributed by atoms with E-state index in [1.807, 2.05) is 13.8 Å². The lowest BCUT2D eigenvalue weighted by atomic mass is 10.1. The third-order valence-corrected chi connectivity index (χ3v) is 2.38. The molecule has 0 aliphatic rings. The first-order valence-electron chi connectivity index (χ1n) is 5.74. The lowest BCUT2D eigenvalue weighted by Gasteiger charge is -2.19. The quantitative estimate of drug-likeness (QED) is 0.858. The van der Waals surface area contributed by atoms with Crippen LogP contribution in [0.5, 0.6) is 0 Å². The first-order valence-corrected chi connectivity index (χ1v) is 5.74. The van der Waals surface area contributed by atoms with Crippen molar-refractivity contribution in [1.82, 2.24) is 10.2 Å². The molecule has 0 bridgehead atoms. The Kier molecular flexibility index (Phi) is 4.71. The summed E-state index contributed by atoms with van der Waals surface area (Å²) in [5.74, 6) is -0.951. The summed E-state index contributed by atoms with van der Waals surface area (Å²) in [6.07, 6.45) is 0. The molecule has 18 heavy (non-hydrogen) atoms. The highest BCUT2D eigenvalue weighted by atomic mass is 16.4. The molecule has 0 saturated carbocycles. The first kappa shape index (κ1) is 14.0. The fourth-order valence-electron chi connectivity index (χ4n) is 1.46. The number of nitrogens with zero attached hydrogens (tertiary/aromatic N) is 1. The largest absolute Gasteiger partial charge is 0.478 e. The number of hydrogen-bond donors (Lipinski definition) is 2. The summed E-state index contributed by atoms with van der Waals surface area (Å²) in [6.45, 7) is 4.24. The second-order valence-electron chi connectivity index (χ2n) is 4.46. The summed E-state index contributed by atoms with van der Waals surface area (Å²) in [5, 5.41) is 11.6. The van der Waals surface area contributed by atoms with Gasteiger partial charge >= 0.3 is 12.0 Å². The Balaban J connectivity index is 2.61. The molecule has 0 aliphatic carbocycles. The van der Waals surface area contributed by atoms with E-state index in [1.165, 1.54) is 12.1 Å². The summed E-state index contributed by atoms with van der Waals surface area (Å²) in [5.41, 5.74) is 1.13. The van der Waals surface area contributed by atoms with Crippen LogP contribution in [0.1, 0.15) is 29.8 Å². The molecule has 2 N–H and O–H groups in total. The Morgan fingerprint density at radius 2 is 1.83 bits per heavy atom. The maximum absolute atomic E-state index is 11.7. The van der Waals surface area contributed by atoms with Crippen molar-refractivity contribution in [3.63, 3.8) is 0 Å². The van der Waals surface area contributed by atoms with Crippen LogP contribution in [0.4, 0.5) is 4.79 Å². The van der Waals surface area contributed by atoms with Crippen molar-refractivity contribution in [2.75, 3.05) is 7.05 Å². The van der Waals surface area contributed by atoms with Crippen molar-refractivity contribution < 1.29 is 14.7 Å². The SMILES string of the molecule is CC(C)NC(=O)N(C)Cc1ccc(C(=O)O)cc1. The molecule has 0 aliphatic heterocycles. The second-order valence-corrected chi connectivity index (χ2v) is 4.46. The highest BCUT2D eigenvalue weighted by molar-refractivity contribution is 5.87. The fourth-order valence-corrected chi connectivity index (χ4v) is 1.46. The Morgan fingerprint density at radius 3 is 2.28 bits per heavy atom. The van der Waals surface area contributed by atoms with Crippen molar-refractivity contribution in [2.24, 2.45) is 0 Å². The van der Waals surface area contributed by atoms with Crippen LogP contribution in [0.2, 0.25) is 0 Å². The molecule has 0 radical (unpaired) electrons. The van der Waals surface area contributed by atoms with Gasteiger partial charge in [0.25, 0.3) is 0 Å². The average Bonchev–Trinajstić information content (AvgIpc) is 2.28. The minimum absolute atomic E-state index is 0.0920. The zero-order valence-electron chi connectivity index (χ0n) is 10.8. The van der Waals surface area contributed by atoms with Crippen LogP contribution in [0, 0.1) is 0 Å². The molecular weight excluding hydrogens is 232 g/mol. The molecule has 1 aromatic carbocycles. The van der Waals surface area contributed by atoms with E-state index in [2.05, 4.69) is 5.32 Å². The molecule has 1 aromatic rings. The molecule has 0 unspecified atom stereocenters. The summed E-state index contributed by atoms with van der Waals surface area (Å²) in [6, 6.07) is 6.43. The molecule has 1 rings (SSSR count). The third kappa shape index (κ3) is 4.08. The highest BCUT2D eigenvalue weighted by Gasteiger charge is 2.10. The normalized spacial score (nSPS) is 10.2. The number of carbonyl (C=O) groups excluding carboxylic acids is 1. The zero-order chi connectivity index (χ0) is 13.7. The predicted molar refractivity (Wildman–Crippen MR) is 68.5 cm³/mol. The average molecular weight is 250 g/mol. The van der Waals surface area contributed by atoms with Gasteiger partial charge in [0.1, 0.15) is 0 Å². The van der Waals surface area contributed by atoms with Crippen molar-refractivity contribution in [3.05, 3.63) is 35.4 Å². The van der Waals surface area contributed by atoms with Crippen molar-refractivity contribution in [1.29, 1.82) is 0 Å². The maximum atomic E-state index is 11.7. The second kappa shape index (κ2) is 6.05. The molecule has 0 atom stereocenters. The molecule has 0 saturated heterocycles. The number of amides is 2. The molecule has 0 aromatic heterocycles. The van der Waals surface area contributed by atoms with Crippen molar-refractivity contribution >= 4 is 12.0 Å². The van der Waals surface area contributed by atoms with Crippen LogP contribution in [0.15, 0.2) is 24.3 Å². The van der Waals surface area contributed by atoms with Gasteiger partial charge < -0.3 is 15.3 Å². The number of rotatable bonds is 4. The number of carboxylic acid groups (broad SMARTS) is 1. The van der Waals surface area contributed by atoms with Gasteiger partial charge in [-0.05, 0) is 31.5 Å². The summed E-state index contributed by atoms with van der Waals surface area (Å²) < 4.78 is 0. The van der Waals surface area contributed by atoms with Crippen LogP contribution in [0.25, 0.3) is 0 Å². The number of aromatic carboxylic acids is 1. The van der Waals surface area contributed by atoms with E-state index in [-0.39, 0.29) is 17.6 Å². The van der Waals surface area contributed by atoms with Gasteiger partial charge in [-0.2, -0.15) is 0 Å². The minimum Gasteiger partial charge on any atom is -0.478 e. The van der Waals surface area contributed by atoms with Crippen LogP contribution < -0.4 is 5.32 Å². The number of nitrogens with one attached hydrogen (secondary N) is 1. The lowest BCUT2D eigenvalue weighted by Crippen LogP contribution is -2.40. The monoisotopic (exact) mass is 250 g/mol. The number of urea groups is 1. The maximum Gasteiger partial charge on any atom is 0.335 e. The van der Waals surface area contributed by atoms with Crippen LogP contribution >= 0.6 is 0 Å². The van der Waals surface area contributed by atoms with E-state index in [0.29, 0.717) is 6.54 Å². The Morgan fingerprint density at radius 1 is 1.28 bits per heavy atom. The van der Waals surface area contributed by atoms with E-state index in [9.17, 15) is 9.59 Å². The molecule has 5 heteroatoms. The Labute approximate surface area is 106 Å². The van der Waals surface area contributed by atoms with E-state index in [1.54, 1.807) is 24.1 Å². The van der Waals surface area contributed by atoms with Gasteiger partial charge in [-0.3, -0.25) is 0 Å². The summed E-state index contributed by atoms with van der Waals surface area (Å²) >= 11 is 0. The molecular formula is C13H18N2O3. The summed E-state index contributed by atoms with van der Waals surface area (Å²) in [7, 11) is 1.70. The minimum atomic E-state index is -0.951. The molecule has 0 heterocycles. The van der Waals surface area contributed by atoms with Gasteiger partial charge in [0.05, 0.1) is 5.56 Å². The molecule has 5 nitrogen and oxygen atoms in total.